The fourth-order valence-corrected chi connectivity index (χ4v) is 7.92. The van der Waals surface area contributed by atoms with E-state index in [0.717, 1.165) is 17.1 Å². The van der Waals surface area contributed by atoms with Crippen molar-refractivity contribution < 1.29 is 0 Å². The van der Waals surface area contributed by atoms with E-state index in [1.54, 1.807) is 0 Å². The summed E-state index contributed by atoms with van der Waals surface area (Å²) in [4.78, 5) is 2.45. The van der Waals surface area contributed by atoms with Crippen molar-refractivity contribution in [1.82, 2.24) is 0 Å². The van der Waals surface area contributed by atoms with Crippen molar-refractivity contribution in [2.45, 2.75) is 19.3 Å². The van der Waals surface area contributed by atoms with Crippen molar-refractivity contribution in [2.24, 2.45) is 0 Å². The van der Waals surface area contributed by atoms with Crippen LogP contribution in [0.25, 0.3) is 55.6 Å². The van der Waals surface area contributed by atoms with Gasteiger partial charge in [-0.3, -0.25) is 0 Å². The zero-order valence-corrected chi connectivity index (χ0v) is 29.5. The first kappa shape index (κ1) is 31.5. The Hall–Kier alpha value is -6.44. The molecule has 1 nitrogen and oxygen atoms in total. The van der Waals surface area contributed by atoms with Crippen LogP contribution in [0.15, 0.2) is 200 Å². The molecule has 0 amide bonds. The minimum absolute atomic E-state index is 0.177. The Kier molecular flexibility index (Phi) is 7.90. The van der Waals surface area contributed by atoms with Gasteiger partial charge in [-0.05, 0) is 104 Å². The SMILES string of the molecule is CC1(C)c2ccc(-c3ccccc3)cc2-c2cc(-c3ccccc3)c(N(c3ccc(-c4ccccc4)cc3)c3ccc(-c4ccccc4)cc3)cc21. The summed E-state index contributed by atoms with van der Waals surface area (Å²) in [6.45, 7) is 4.75. The van der Waals surface area contributed by atoms with Crippen LogP contribution >= 0.6 is 0 Å². The van der Waals surface area contributed by atoms with E-state index >= 15 is 0 Å². The van der Waals surface area contributed by atoms with Gasteiger partial charge in [0.25, 0.3) is 0 Å². The second-order valence-corrected chi connectivity index (χ2v) is 14.2. The minimum atomic E-state index is -0.177. The molecule has 8 aromatic carbocycles. The molecule has 0 saturated carbocycles. The van der Waals surface area contributed by atoms with Gasteiger partial charge < -0.3 is 4.90 Å². The van der Waals surface area contributed by atoms with Gasteiger partial charge in [0.2, 0.25) is 0 Å². The van der Waals surface area contributed by atoms with E-state index in [-0.39, 0.29) is 5.41 Å². The highest BCUT2D eigenvalue weighted by Gasteiger charge is 2.37. The molecular weight excluding hydrogens is 627 g/mol. The second kappa shape index (κ2) is 13.0. The normalized spacial score (nSPS) is 12.6. The van der Waals surface area contributed by atoms with Gasteiger partial charge in [0.05, 0.1) is 5.69 Å². The Bertz CT molecular complexity index is 2400. The molecule has 1 aliphatic carbocycles. The Morgan fingerprint density at radius 3 is 1.17 bits per heavy atom. The topological polar surface area (TPSA) is 3.24 Å². The third-order valence-electron chi connectivity index (χ3n) is 10.7. The zero-order chi connectivity index (χ0) is 35.1. The van der Waals surface area contributed by atoms with Crippen LogP contribution in [0.3, 0.4) is 0 Å². The van der Waals surface area contributed by atoms with Gasteiger partial charge >= 0.3 is 0 Å². The lowest BCUT2D eigenvalue weighted by Crippen LogP contribution is -2.17. The van der Waals surface area contributed by atoms with Crippen molar-refractivity contribution in [3.8, 4) is 55.6 Å². The number of benzene rings is 8. The molecule has 1 heteroatoms. The monoisotopic (exact) mass is 665 g/mol. The predicted molar refractivity (Wildman–Crippen MR) is 220 cm³/mol. The number of hydrogen-bond acceptors (Lipinski definition) is 1. The molecule has 0 aromatic heterocycles. The third-order valence-corrected chi connectivity index (χ3v) is 10.7. The maximum absolute atomic E-state index is 2.47. The predicted octanol–water partition coefficient (Wildman–Crippen LogP) is 14.1. The van der Waals surface area contributed by atoms with E-state index in [0.29, 0.717) is 0 Å². The molecule has 52 heavy (non-hydrogen) atoms. The zero-order valence-electron chi connectivity index (χ0n) is 29.5. The van der Waals surface area contributed by atoms with Gasteiger partial charge in [0, 0.05) is 22.4 Å². The van der Waals surface area contributed by atoms with E-state index in [9.17, 15) is 0 Å². The van der Waals surface area contributed by atoms with E-state index in [1.165, 1.54) is 66.8 Å². The van der Waals surface area contributed by atoms with Gasteiger partial charge in [-0.1, -0.05) is 172 Å². The highest BCUT2D eigenvalue weighted by atomic mass is 15.1. The van der Waals surface area contributed by atoms with Crippen LogP contribution < -0.4 is 4.90 Å². The minimum Gasteiger partial charge on any atom is -0.310 e. The van der Waals surface area contributed by atoms with Gasteiger partial charge in [0.15, 0.2) is 0 Å². The molecule has 0 spiro atoms. The first-order valence-electron chi connectivity index (χ1n) is 18.1. The molecule has 0 radical (unpaired) electrons. The maximum atomic E-state index is 2.47. The van der Waals surface area contributed by atoms with Crippen LogP contribution in [0, 0.1) is 0 Å². The summed E-state index contributed by atoms with van der Waals surface area (Å²) in [5, 5.41) is 0. The third kappa shape index (κ3) is 5.61. The van der Waals surface area contributed by atoms with E-state index in [2.05, 4.69) is 219 Å². The lowest BCUT2D eigenvalue weighted by atomic mass is 9.81. The Labute approximate surface area is 307 Å². The molecule has 0 atom stereocenters. The number of anilines is 3. The van der Waals surface area contributed by atoms with Crippen LogP contribution in [0.5, 0.6) is 0 Å². The molecule has 0 bridgehead atoms. The fraction of sp³-hybridized carbons (Fsp3) is 0.0588. The van der Waals surface area contributed by atoms with Crippen molar-refractivity contribution in [3.63, 3.8) is 0 Å². The molecule has 8 aromatic rings. The smallest absolute Gasteiger partial charge is 0.0543 e. The lowest BCUT2D eigenvalue weighted by Gasteiger charge is -2.30. The molecule has 1 aliphatic rings. The Balaban J connectivity index is 1.26. The van der Waals surface area contributed by atoms with E-state index in [4.69, 9.17) is 0 Å². The molecule has 9 rings (SSSR count). The van der Waals surface area contributed by atoms with Gasteiger partial charge in [0.1, 0.15) is 0 Å². The molecule has 0 heterocycles. The Morgan fingerprint density at radius 2 is 0.692 bits per heavy atom. The first-order chi connectivity index (χ1) is 25.5. The molecule has 0 aliphatic heterocycles. The molecule has 0 fully saturated rings. The fourth-order valence-electron chi connectivity index (χ4n) is 7.92. The van der Waals surface area contributed by atoms with Crippen LogP contribution in [0.2, 0.25) is 0 Å². The average molecular weight is 666 g/mol. The van der Waals surface area contributed by atoms with Gasteiger partial charge in [-0.2, -0.15) is 0 Å². The first-order valence-corrected chi connectivity index (χ1v) is 18.1. The summed E-state index contributed by atoms with van der Waals surface area (Å²) in [7, 11) is 0. The quantitative estimate of drug-likeness (QED) is 0.164. The molecular formula is C51H39N. The largest absolute Gasteiger partial charge is 0.310 e. The van der Waals surface area contributed by atoms with Gasteiger partial charge in [-0.15, -0.1) is 0 Å². The van der Waals surface area contributed by atoms with Crippen LogP contribution in [-0.2, 0) is 5.41 Å². The molecule has 0 unspecified atom stereocenters. The van der Waals surface area contributed by atoms with Gasteiger partial charge in [-0.25, -0.2) is 0 Å². The van der Waals surface area contributed by atoms with Crippen molar-refractivity contribution in [2.75, 3.05) is 4.90 Å². The number of fused-ring (bicyclic) bond motifs is 3. The standard InChI is InChI=1S/C51H39N/c1-51(2)48-32-27-42(38-19-11-5-12-20-38)33-46(48)47-34-45(41-21-13-6-14-22-41)50(35-49(47)51)52(43-28-23-39(24-29-43)36-15-7-3-8-16-36)44-30-25-40(26-31-44)37-17-9-4-10-18-37/h3-35H,1-2H3. The van der Waals surface area contributed by atoms with Crippen LogP contribution in [-0.4, -0.2) is 0 Å². The maximum Gasteiger partial charge on any atom is 0.0543 e. The lowest BCUT2D eigenvalue weighted by molar-refractivity contribution is 0.660. The van der Waals surface area contributed by atoms with E-state index in [1.807, 2.05) is 0 Å². The Morgan fingerprint density at radius 1 is 0.308 bits per heavy atom. The average Bonchev–Trinajstić information content (AvgIpc) is 3.44. The number of nitrogens with zero attached hydrogens (tertiary/aromatic N) is 1. The second-order valence-electron chi connectivity index (χ2n) is 14.2. The van der Waals surface area contributed by atoms with Crippen LogP contribution in [0.4, 0.5) is 17.1 Å². The number of hydrogen-bond donors (Lipinski definition) is 0. The summed E-state index contributed by atoms with van der Waals surface area (Å²) in [5.41, 5.74) is 18.2. The van der Waals surface area contributed by atoms with Crippen LogP contribution in [0.1, 0.15) is 25.0 Å². The van der Waals surface area contributed by atoms with E-state index < -0.39 is 0 Å². The van der Waals surface area contributed by atoms with Crippen molar-refractivity contribution in [1.29, 1.82) is 0 Å². The number of rotatable bonds is 7. The summed E-state index contributed by atoms with van der Waals surface area (Å²) in [6.07, 6.45) is 0. The summed E-state index contributed by atoms with van der Waals surface area (Å²) >= 11 is 0. The molecule has 0 N–H and O–H groups in total. The van der Waals surface area contributed by atoms with Crippen molar-refractivity contribution in [3.05, 3.63) is 211 Å². The summed E-state index contributed by atoms with van der Waals surface area (Å²) in [5.74, 6) is 0. The summed E-state index contributed by atoms with van der Waals surface area (Å²) in [6, 6.07) is 72.8. The molecule has 0 saturated heterocycles. The summed E-state index contributed by atoms with van der Waals surface area (Å²) < 4.78 is 0. The van der Waals surface area contributed by atoms with Crippen molar-refractivity contribution >= 4 is 17.1 Å². The highest BCUT2D eigenvalue weighted by Crippen LogP contribution is 2.54. The molecule has 248 valence electrons. The highest BCUT2D eigenvalue weighted by molar-refractivity contribution is 5.95.